The predicted octanol–water partition coefficient (Wildman–Crippen LogP) is 0.991. The lowest BCUT2D eigenvalue weighted by Gasteiger charge is -2.38. The summed E-state index contributed by atoms with van der Waals surface area (Å²) in [6.07, 6.45) is -1.65. The Kier molecular flexibility index (Phi) is 5.53. The van der Waals surface area contributed by atoms with Gasteiger partial charge in [0.15, 0.2) is 0 Å². The Balaban J connectivity index is 2.78. The van der Waals surface area contributed by atoms with Crippen molar-refractivity contribution in [1.82, 2.24) is 5.32 Å². The van der Waals surface area contributed by atoms with Crippen molar-refractivity contribution in [2.75, 3.05) is 0 Å². The summed E-state index contributed by atoms with van der Waals surface area (Å²) in [6.45, 7) is 6.93. The Morgan fingerprint density at radius 1 is 1.25 bits per heavy atom. The molecule has 0 bridgehead atoms. The van der Waals surface area contributed by atoms with Crippen molar-refractivity contribution in [2.24, 2.45) is 5.92 Å². The summed E-state index contributed by atoms with van der Waals surface area (Å²) in [7, 11) is 0. The lowest BCUT2D eigenvalue weighted by molar-refractivity contribution is -0.129. The zero-order valence-corrected chi connectivity index (χ0v) is 12.5. The summed E-state index contributed by atoms with van der Waals surface area (Å²) >= 11 is 0. The fraction of sp³-hybridized carbons (Fsp3) is 0.857. The number of ether oxygens (including phenoxy) is 1. The van der Waals surface area contributed by atoms with E-state index in [2.05, 4.69) is 5.32 Å². The Morgan fingerprint density at radius 3 is 2.35 bits per heavy atom. The molecule has 0 aromatic heterocycles. The van der Waals surface area contributed by atoms with Crippen molar-refractivity contribution >= 4 is 11.9 Å². The number of rotatable bonds is 3. The first kappa shape index (κ1) is 16.9. The number of aliphatic hydroxyl groups is 2. The molecule has 1 amide bonds. The third-order valence-electron chi connectivity index (χ3n) is 3.41. The summed E-state index contributed by atoms with van der Waals surface area (Å²) in [5.41, 5.74) is -0.660. The van der Waals surface area contributed by atoms with Crippen LogP contribution in [0.5, 0.6) is 0 Å². The quantitative estimate of drug-likeness (QED) is 0.719. The minimum atomic E-state index is -1.16. The van der Waals surface area contributed by atoms with Gasteiger partial charge in [-0.25, -0.2) is 4.79 Å². The molecular formula is C14H25NO5. The van der Waals surface area contributed by atoms with Crippen LogP contribution in [-0.4, -0.2) is 45.9 Å². The van der Waals surface area contributed by atoms with Crippen LogP contribution in [0.2, 0.25) is 0 Å². The number of Topliss-reactive ketones (excluding diaryl/α,β-unsaturated/α-hetero) is 1. The highest BCUT2D eigenvalue weighted by atomic mass is 16.6. The van der Waals surface area contributed by atoms with Crippen molar-refractivity contribution in [2.45, 2.75) is 70.8 Å². The van der Waals surface area contributed by atoms with E-state index in [9.17, 15) is 19.8 Å². The molecule has 1 aliphatic carbocycles. The highest BCUT2D eigenvalue weighted by molar-refractivity contribution is 5.82. The van der Waals surface area contributed by atoms with Gasteiger partial charge in [-0.3, -0.25) is 4.79 Å². The van der Waals surface area contributed by atoms with Gasteiger partial charge in [-0.2, -0.15) is 0 Å². The van der Waals surface area contributed by atoms with Crippen LogP contribution in [0.3, 0.4) is 0 Å². The number of amides is 1. The molecule has 6 heteroatoms. The molecule has 0 aromatic carbocycles. The van der Waals surface area contributed by atoms with E-state index >= 15 is 0 Å². The van der Waals surface area contributed by atoms with Crippen LogP contribution in [0, 0.1) is 5.92 Å². The Bertz CT molecular complexity index is 363. The van der Waals surface area contributed by atoms with E-state index in [4.69, 9.17) is 4.74 Å². The number of hydrogen-bond acceptors (Lipinski definition) is 5. The minimum Gasteiger partial charge on any atom is -0.444 e. The second kappa shape index (κ2) is 6.54. The Labute approximate surface area is 119 Å². The van der Waals surface area contributed by atoms with E-state index in [-0.39, 0.29) is 5.78 Å². The molecule has 1 rings (SSSR count). The highest BCUT2D eigenvalue weighted by Crippen LogP contribution is 2.27. The van der Waals surface area contributed by atoms with Crippen LogP contribution < -0.4 is 5.32 Å². The highest BCUT2D eigenvalue weighted by Gasteiger charge is 2.41. The van der Waals surface area contributed by atoms with Gasteiger partial charge in [-0.1, -0.05) is 6.92 Å². The Hall–Kier alpha value is -1.14. The minimum absolute atomic E-state index is 0.0305. The lowest BCUT2D eigenvalue weighted by Crippen LogP contribution is -2.57. The summed E-state index contributed by atoms with van der Waals surface area (Å²) in [5.74, 6) is -0.511. The summed E-state index contributed by atoms with van der Waals surface area (Å²) in [4.78, 5) is 23.7. The van der Waals surface area contributed by atoms with Gasteiger partial charge < -0.3 is 20.3 Å². The van der Waals surface area contributed by atoms with Gasteiger partial charge in [0.05, 0.1) is 12.1 Å². The van der Waals surface area contributed by atoms with E-state index in [1.165, 1.54) is 0 Å². The molecule has 1 fully saturated rings. The first-order valence-electron chi connectivity index (χ1n) is 7.04. The molecule has 0 spiro atoms. The van der Waals surface area contributed by atoms with Crippen molar-refractivity contribution in [3.63, 3.8) is 0 Å². The maximum Gasteiger partial charge on any atom is 0.407 e. The molecule has 3 N–H and O–H groups in total. The molecule has 0 heterocycles. The monoisotopic (exact) mass is 287 g/mol. The largest absolute Gasteiger partial charge is 0.444 e. The number of aliphatic hydroxyl groups excluding tert-OH is 2. The molecule has 0 saturated heterocycles. The van der Waals surface area contributed by atoms with Crippen LogP contribution in [0.1, 0.15) is 47.0 Å². The summed E-state index contributed by atoms with van der Waals surface area (Å²) < 4.78 is 5.13. The first-order chi connectivity index (χ1) is 9.15. The average Bonchev–Trinajstić information content (AvgIpc) is 2.32. The second-order valence-corrected chi connectivity index (χ2v) is 6.23. The van der Waals surface area contributed by atoms with Gasteiger partial charge in [-0.05, 0) is 33.6 Å². The number of carbonyl (C=O) groups excluding carboxylic acids is 2. The van der Waals surface area contributed by atoms with Crippen LogP contribution in [0.4, 0.5) is 4.79 Å². The topological polar surface area (TPSA) is 95.9 Å². The molecule has 1 aliphatic rings. The molecular weight excluding hydrogens is 262 g/mol. The standard InChI is InChI=1S/C14H25NO5/c1-5-9(16)8-6-7-10(17)12(18)11(8)15-13(19)20-14(2,3)4/h8,10-12,17-18H,5-7H2,1-4H3,(H,15,19)/t8-,10+,11+,12+/m1/s1. The van der Waals surface area contributed by atoms with Crippen molar-refractivity contribution in [3.05, 3.63) is 0 Å². The number of ketones is 1. The molecule has 0 aliphatic heterocycles. The number of hydrogen-bond donors (Lipinski definition) is 3. The summed E-state index contributed by atoms with van der Waals surface area (Å²) in [5, 5.41) is 22.3. The fourth-order valence-corrected chi connectivity index (χ4v) is 2.43. The number of nitrogens with one attached hydrogen (secondary N) is 1. The summed E-state index contributed by atoms with van der Waals surface area (Å²) in [6, 6.07) is -0.805. The smallest absolute Gasteiger partial charge is 0.407 e. The van der Waals surface area contributed by atoms with Crippen LogP contribution in [-0.2, 0) is 9.53 Å². The third-order valence-corrected chi connectivity index (χ3v) is 3.41. The molecule has 20 heavy (non-hydrogen) atoms. The van der Waals surface area contributed by atoms with Crippen molar-refractivity contribution in [1.29, 1.82) is 0 Å². The Morgan fingerprint density at radius 2 is 1.85 bits per heavy atom. The second-order valence-electron chi connectivity index (χ2n) is 6.23. The van der Waals surface area contributed by atoms with Crippen molar-refractivity contribution in [3.8, 4) is 0 Å². The van der Waals surface area contributed by atoms with Crippen LogP contribution >= 0.6 is 0 Å². The normalized spacial score (nSPS) is 30.7. The maximum absolute atomic E-state index is 11.9. The third kappa shape index (κ3) is 4.45. The first-order valence-corrected chi connectivity index (χ1v) is 7.04. The number of alkyl carbamates (subject to hydrolysis) is 1. The molecule has 0 radical (unpaired) electrons. The molecule has 6 nitrogen and oxygen atoms in total. The molecule has 4 atom stereocenters. The number of carbonyl (C=O) groups is 2. The fourth-order valence-electron chi connectivity index (χ4n) is 2.43. The van der Waals surface area contributed by atoms with E-state index in [1.807, 2.05) is 0 Å². The molecule has 116 valence electrons. The predicted molar refractivity (Wildman–Crippen MR) is 73.2 cm³/mol. The maximum atomic E-state index is 11.9. The van der Waals surface area contributed by atoms with E-state index < -0.39 is 35.9 Å². The SMILES string of the molecule is CCC(=O)[C@H]1CC[C@H](O)[C@H](O)[C@H]1NC(=O)OC(C)(C)C. The van der Waals surface area contributed by atoms with Crippen LogP contribution in [0.15, 0.2) is 0 Å². The average molecular weight is 287 g/mol. The zero-order chi connectivity index (χ0) is 15.5. The van der Waals surface area contributed by atoms with Gasteiger partial charge in [0.2, 0.25) is 0 Å². The van der Waals surface area contributed by atoms with E-state index in [0.29, 0.717) is 19.3 Å². The van der Waals surface area contributed by atoms with Crippen molar-refractivity contribution < 1.29 is 24.5 Å². The van der Waals surface area contributed by atoms with E-state index in [0.717, 1.165) is 0 Å². The van der Waals surface area contributed by atoms with Gasteiger partial charge in [0.25, 0.3) is 0 Å². The molecule has 0 unspecified atom stereocenters. The zero-order valence-electron chi connectivity index (χ0n) is 12.5. The molecule has 0 aromatic rings. The van der Waals surface area contributed by atoms with Gasteiger partial charge in [-0.15, -0.1) is 0 Å². The van der Waals surface area contributed by atoms with E-state index in [1.54, 1.807) is 27.7 Å². The van der Waals surface area contributed by atoms with Crippen LogP contribution in [0.25, 0.3) is 0 Å². The van der Waals surface area contributed by atoms with Gasteiger partial charge in [0, 0.05) is 12.3 Å². The molecule has 1 saturated carbocycles. The van der Waals surface area contributed by atoms with Gasteiger partial charge in [0.1, 0.15) is 17.5 Å². The van der Waals surface area contributed by atoms with Gasteiger partial charge >= 0.3 is 6.09 Å². The lowest BCUT2D eigenvalue weighted by atomic mass is 9.78.